The van der Waals surface area contributed by atoms with E-state index in [-0.39, 0.29) is 0 Å². The van der Waals surface area contributed by atoms with Gasteiger partial charge in [0.2, 0.25) is 0 Å². The highest BCUT2D eigenvalue weighted by Crippen LogP contribution is 2.29. The highest BCUT2D eigenvalue weighted by atomic mass is 32.2. The van der Waals surface area contributed by atoms with Crippen LogP contribution in [0.5, 0.6) is 0 Å². The lowest BCUT2D eigenvalue weighted by atomic mass is 10.3. The Morgan fingerprint density at radius 2 is 2.31 bits per heavy atom. The molecule has 0 spiro atoms. The lowest BCUT2D eigenvalue weighted by Gasteiger charge is -2.05. The standard InChI is InChI=1S/C11H14N4S/c1-8-5-11(15(2)14-8)16-10-7-13-4-3-9(10)6-12/h3-5,7H,6,12H2,1-2H3. The van der Waals surface area contributed by atoms with Crippen molar-refractivity contribution in [1.82, 2.24) is 14.8 Å². The van der Waals surface area contributed by atoms with Crippen molar-refractivity contribution >= 4 is 11.8 Å². The monoisotopic (exact) mass is 234 g/mol. The first-order chi connectivity index (χ1) is 7.70. The van der Waals surface area contributed by atoms with Gasteiger partial charge in [0.25, 0.3) is 0 Å². The first kappa shape index (κ1) is 11.2. The Balaban J connectivity index is 2.30. The summed E-state index contributed by atoms with van der Waals surface area (Å²) in [6.45, 7) is 2.51. The van der Waals surface area contributed by atoms with Crippen molar-refractivity contribution in [2.45, 2.75) is 23.4 Å². The normalized spacial score (nSPS) is 10.7. The highest BCUT2D eigenvalue weighted by molar-refractivity contribution is 7.99. The molecule has 16 heavy (non-hydrogen) atoms. The van der Waals surface area contributed by atoms with Crippen molar-refractivity contribution in [3.05, 3.63) is 35.8 Å². The van der Waals surface area contributed by atoms with Gasteiger partial charge < -0.3 is 5.73 Å². The molecule has 0 aromatic carbocycles. The number of rotatable bonds is 3. The van der Waals surface area contributed by atoms with Gasteiger partial charge in [-0.15, -0.1) is 0 Å². The number of hydrogen-bond donors (Lipinski definition) is 1. The summed E-state index contributed by atoms with van der Waals surface area (Å²) in [4.78, 5) is 5.21. The average Bonchev–Trinajstić information content (AvgIpc) is 2.58. The molecule has 0 aliphatic heterocycles. The predicted molar refractivity (Wildman–Crippen MR) is 64.2 cm³/mol. The maximum atomic E-state index is 5.68. The Hall–Kier alpha value is -1.33. The van der Waals surface area contributed by atoms with Crippen LogP contribution >= 0.6 is 11.8 Å². The molecule has 2 rings (SSSR count). The van der Waals surface area contributed by atoms with Gasteiger partial charge in [-0.05, 0) is 24.6 Å². The number of hydrogen-bond acceptors (Lipinski definition) is 4. The van der Waals surface area contributed by atoms with Crippen molar-refractivity contribution in [1.29, 1.82) is 0 Å². The molecule has 5 heteroatoms. The van der Waals surface area contributed by atoms with Gasteiger partial charge >= 0.3 is 0 Å². The van der Waals surface area contributed by atoms with Crippen molar-refractivity contribution in [3.8, 4) is 0 Å². The SMILES string of the molecule is Cc1cc(Sc2cnccc2CN)n(C)n1. The van der Waals surface area contributed by atoms with Crippen molar-refractivity contribution in [3.63, 3.8) is 0 Å². The summed E-state index contributed by atoms with van der Waals surface area (Å²) in [5, 5.41) is 5.40. The lowest BCUT2D eigenvalue weighted by Crippen LogP contribution is -1.99. The van der Waals surface area contributed by atoms with E-state index in [1.165, 1.54) is 0 Å². The minimum Gasteiger partial charge on any atom is -0.326 e. The second-order valence-electron chi connectivity index (χ2n) is 3.54. The van der Waals surface area contributed by atoms with E-state index in [2.05, 4.69) is 16.1 Å². The first-order valence-corrected chi connectivity index (χ1v) is 5.84. The smallest absolute Gasteiger partial charge is 0.0987 e. The lowest BCUT2D eigenvalue weighted by molar-refractivity contribution is 0.692. The molecule has 2 N–H and O–H groups in total. The van der Waals surface area contributed by atoms with Crippen LogP contribution in [0.3, 0.4) is 0 Å². The van der Waals surface area contributed by atoms with Crippen LogP contribution in [-0.2, 0) is 13.6 Å². The zero-order chi connectivity index (χ0) is 11.5. The predicted octanol–water partition coefficient (Wildman–Crippen LogP) is 1.73. The minimum absolute atomic E-state index is 0.529. The van der Waals surface area contributed by atoms with Crippen molar-refractivity contribution in [2.75, 3.05) is 0 Å². The van der Waals surface area contributed by atoms with Gasteiger partial charge in [0.05, 0.1) is 10.7 Å². The Kier molecular flexibility index (Phi) is 3.26. The summed E-state index contributed by atoms with van der Waals surface area (Å²) in [5.41, 5.74) is 7.81. The van der Waals surface area contributed by atoms with E-state index in [9.17, 15) is 0 Å². The van der Waals surface area contributed by atoms with Crippen LogP contribution in [0, 0.1) is 6.92 Å². The molecule has 0 bridgehead atoms. The molecule has 0 saturated heterocycles. The van der Waals surface area contributed by atoms with Gasteiger partial charge in [-0.25, -0.2) is 0 Å². The maximum absolute atomic E-state index is 5.68. The molecule has 0 unspecified atom stereocenters. The summed E-state index contributed by atoms with van der Waals surface area (Å²) >= 11 is 1.64. The van der Waals surface area contributed by atoms with Gasteiger partial charge in [-0.2, -0.15) is 5.10 Å². The van der Waals surface area contributed by atoms with E-state index in [1.807, 2.05) is 30.9 Å². The Morgan fingerprint density at radius 3 is 2.94 bits per heavy atom. The van der Waals surface area contributed by atoms with E-state index in [4.69, 9.17) is 5.73 Å². The number of nitrogens with two attached hydrogens (primary N) is 1. The Morgan fingerprint density at radius 1 is 1.50 bits per heavy atom. The third-order valence-corrected chi connectivity index (χ3v) is 3.44. The van der Waals surface area contributed by atoms with Crippen LogP contribution in [0.25, 0.3) is 0 Å². The number of aromatic nitrogens is 3. The van der Waals surface area contributed by atoms with E-state index in [0.717, 1.165) is 21.2 Å². The molecule has 0 aliphatic carbocycles. The van der Waals surface area contributed by atoms with Gasteiger partial charge in [0.15, 0.2) is 0 Å². The van der Waals surface area contributed by atoms with Crippen LogP contribution in [0.2, 0.25) is 0 Å². The second-order valence-corrected chi connectivity index (χ2v) is 4.60. The molecule has 0 aliphatic rings. The molecular formula is C11H14N4S. The number of aryl methyl sites for hydroxylation is 2. The fraction of sp³-hybridized carbons (Fsp3) is 0.273. The molecule has 0 fully saturated rings. The zero-order valence-corrected chi connectivity index (χ0v) is 10.2. The molecule has 84 valence electrons. The topological polar surface area (TPSA) is 56.7 Å². The van der Waals surface area contributed by atoms with Crippen molar-refractivity contribution in [2.24, 2.45) is 12.8 Å². The minimum atomic E-state index is 0.529. The number of pyridine rings is 1. The second kappa shape index (κ2) is 4.67. The van der Waals surface area contributed by atoms with Gasteiger partial charge in [0, 0.05) is 30.9 Å². The summed E-state index contributed by atoms with van der Waals surface area (Å²) < 4.78 is 1.87. The fourth-order valence-corrected chi connectivity index (χ4v) is 2.49. The fourth-order valence-electron chi connectivity index (χ4n) is 1.46. The summed E-state index contributed by atoms with van der Waals surface area (Å²) in [7, 11) is 1.94. The Labute approximate surface area is 98.9 Å². The summed E-state index contributed by atoms with van der Waals surface area (Å²) in [6, 6.07) is 4.00. The molecule has 2 aromatic heterocycles. The highest BCUT2D eigenvalue weighted by Gasteiger charge is 2.07. The molecular weight excluding hydrogens is 220 g/mol. The molecule has 0 amide bonds. The van der Waals surface area contributed by atoms with Crippen LogP contribution in [0.1, 0.15) is 11.3 Å². The van der Waals surface area contributed by atoms with Crippen LogP contribution in [0.15, 0.2) is 34.4 Å². The van der Waals surface area contributed by atoms with E-state index < -0.39 is 0 Å². The molecule has 0 saturated carbocycles. The van der Waals surface area contributed by atoms with Crippen LogP contribution < -0.4 is 5.73 Å². The van der Waals surface area contributed by atoms with E-state index >= 15 is 0 Å². The molecule has 0 radical (unpaired) electrons. The van der Waals surface area contributed by atoms with Gasteiger partial charge in [-0.1, -0.05) is 11.8 Å². The quantitative estimate of drug-likeness (QED) is 0.878. The largest absolute Gasteiger partial charge is 0.326 e. The van der Waals surface area contributed by atoms with E-state index in [1.54, 1.807) is 18.0 Å². The van der Waals surface area contributed by atoms with Gasteiger partial charge in [-0.3, -0.25) is 9.67 Å². The molecule has 0 atom stereocenters. The Bertz CT molecular complexity index is 492. The third-order valence-electron chi connectivity index (χ3n) is 2.26. The van der Waals surface area contributed by atoms with Crippen LogP contribution in [0.4, 0.5) is 0 Å². The summed E-state index contributed by atoms with van der Waals surface area (Å²) in [6.07, 6.45) is 3.61. The molecule has 4 nitrogen and oxygen atoms in total. The van der Waals surface area contributed by atoms with Crippen LogP contribution in [-0.4, -0.2) is 14.8 Å². The maximum Gasteiger partial charge on any atom is 0.0987 e. The first-order valence-electron chi connectivity index (χ1n) is 5.02. The summed E-state index contributed by atoms with van der Waals surface area (Å²) in [5.74, 6) is 0. The molecule has 2 heterocycles. The number of nitrogens with zero attached hydrogens (tertiary/aromatic N) is 3. The third kappa shape index (κ3) is 2.25. The van der Waals surface area contributed by atoms with Crippen molar-refractivity contribution < 1.29 is 0 Å². The van der Waals surface area contributed by atoms with Gasteiger partial charge in [0.1, 0.15) is 0 Å². The molecule has 2 aromatic rings. The average molecular weight is 234 g/mol. The van der Waals surface area contributed by atoms with E-state index in [0.29, 0.717) is 6.54 Å². The zero-order valence-electron chi connectivity index (χ0n) is 9.34.